The van der Waals surface area contributed by atoms with Crippen molar-refractivity contribution in [1.29, 1.82) is 0 Å². The quantitative estimate of drug-likeness (QED) is 0.185. The number of nitrogens with one attached hydrogen (secondary N) is 1. The van der Waals surface area contributed by atoms with Gasteiger partial charge in [-0.25, -0.2) is 0 Å². The van der Waals surface area contributed by atoms with Gasteiger partial charge < -0.3 is 39.7 Å². The maximum absolute atomic E-state index is 12.7. The number of oxime groups is 1. The first-order valence-corrected chi connectivity index (χ1v) is 15.8. The molecule has 3 unspecified atom stereocenters. The summed E-state index contributed by atoms with van der Waals surface area (Å²) in [6.45, 7) is 0.423. The Bertz CT molecular complexity index is 1460. The zero-order chi connectivity index (χ0) is 31.3. The average molecular weight is 855 g/mol. The van der Waals surface area contributed by atoms with Crippen LogP contribution in [0.25, 0.3) is 0 Å². The third-order valence-electron chi connectivity index (χ3n) is 6.33. The van der Waals surface area contributed by atoms with Gasteiger partial charge in [0.15, 0.2) is 17.6 Å². The Morgan fingerprint density at radius 2 is 2.00 bits per heavy atom. The highest BCUT2D eigenvalue weighted by atomic mass is 79.9. The molecule has 3 aliphatic rings. The van der Waals surface area contributed by atoms with Crippen LogP contribution in [0, 0.1) is 0 Å². The van der Waals surface area contributed by atoms with Gasteiger partial charge in [0.1, 0.15) is 23.5 Å². The molecule has 3 atom stereocenters. The smallest absolute Gasteiger partial charge is 0.311 e. The highest BCUT2D eigenvalue weighted by Crippen LogP contribution is 2.41. The Morgan fingerprint density at radius 1 is 1.28 bits per heavy atom. The number of hydrogen-bond donors (Lipinski definition) is 4. The van der Waals surface area contributed by atoms with Crippen LogP contribution in [0.15, 0.2) is 75.7 Å². The van der Waals surface area contributed by atoms with E-state index in [-0.39, 0.29) is 48.9 Å². The van der Waals surface area contributed by atoms with E-state index < -0.39 is 23.9 Å². The van der Waals surface area contributed by atoms with Crippen LogP contribution in [-0.2, 0) is 23.9 Å². The molecular weight excluding hydrogens is 830 g/mol. The molecule has 0 saturated heterocycles. The van der Waals surface area contributed by atoms with E-state index >= 15 is 0 Å². The van der Waals surface area contributed by atoms with Gasteiger partial charge in [-0.15, -0.1) is 0 Å². The average Bonchev–Trinajstić information content (AvgIpc) is 3.41. The molecule has 0 radical (unpaired) electrons. The summed E-state index contributed by atoms with van der Waals surface area (Å²) >= 11 is 13.6. The molecule has 0 aromatic heterocycles. The highest BCUT2D eigenvalue weighted by Gasteiger charge is 2.54. The van der Waals surface area contributed by atoms with Crippen molar-refractivity contribution in [1.82, 2.24) is 5.32 Å². The van der Waals surface area contributed by atoms with Gasteiger partial charge in [0.05, 0.1) is 51.8 Å². The van der Waals surface area contributed by atoms with Crippen molar-refractivity contribution in [2.24, 2.45) is 10.1 Å². The predicted octanol–water partition coefficient (Wildman–Crippen LogP) is 4.50. The van der Waals surface area contributed by atoms with Gasteiger partial charge in [-0.2, -0.15) is 0 Å². The maximum Gasteiger partial charge on any atom is 0.311 e. The third kappa shape index (κ3) is 7.60. The van der Waals surface area contributed by atoms with Gasteiger partial charge in [-0.3, -0.25) is 14.6 Å². The Morgan fingerprint density at radius 3 is 2.65 bits per heavy atom. The number of methoxy groups -OCH3 is 1. The molecule has 1 amide bonds. The summed E-state index contributed by atoms with van der Waals surface area (Å²) in [5, 5.41) is 37.5. The molecule has 2 heterocycles. The van der Waals surface area contributed by atoms with Crippen molar-refractivity contribution in [2.45, 2.75) is 30.8 Å². The highest BCUT2D eigenvalue weighted by molar-refractivity contribution is 9.12. The number of rotatable bonds is 11. The topological polar surface area (TPSA) is 168 Å². The molecule has 1 spiro atoms. The Balaban J connectivity index is 1.24. The summed E-state index contributed by atoms with van der Waals surface area (Å²) in [5.74, 6) is -1.81. The number of ether oxygens (including phenoxy) is 3. The van der Waals surface area contributed by atoms with E-state index in [9.17, 15) is 24.9 Å². The number of carbonyl (C=O) groups excluding carboxylic acids is 2. The molecule has 0 fully saturated rings. The molecule has 43 heavy (non-hydrogen) atoms. The molecule has 2 aliphatic heterocycles. The monoisotopic (exact) mass is 851 g/mol. The third-order valence-corrected chi connectivity index (χ3v) is 8.69. The largest absolute Gasteiger partial charge is 0.507 e. The number of aliphatic hydroxyl groups is 3. The Labute approximate surface area is 279 Å². The fraction of sp³-hybridized carbons (Fsp3) is 0.333. The van der Waals surface area contributed by atoms with Gasteiger partial charge >= 0.3 is 5.79 Å². The van der Waals surface area contributed by atoms with Gasteiger partial charge in [0, 0.05) is 17.2 Å². The summed E-state index contributed by atoms with van der Waals surface area (Å²) in [7, 11) is 1.48. The lowest BCUT2D eigenvalue weighted by atomic mass is 10.0. The summed E-state index contributed by atoms with van der Waals surface area (Å²) < 4.78 is 19.0. The summed E-state index contributed by atoms with van der Waals surface area (Å²) in [6, 6.07) is 3.37. The van der Waals surface area contributed by atoms with Crippen LogP contribution in [0.1, 0.15) is 24.5 Å². The Kier molecular flexibility index (Phi) is 11.3. The molecule has 4 N–H and O–H groups in total. The number of hydrogen-bond acceptors (Lipinski definition) is 11. The van der Waals surface area contributed by atoms with Crippen molar-refractivity contribution in [2.75, 3.05) is 26.8 Å². The van der Waals surface area contributed by atoms with Crippen molar-refractivity contribution < 1.29 is 44.0 Å². The first kappa shape index (κ1) is 33.4. The molecule has 0 saturated carbocycles. The normalized spacial score (nSPS) is 22.4. The maximum atomic E-state index is 12.7. The first-order valence-electron chi connectivity index (χ1n) is 12.6. The summed E-state index contributed by atoms with van der Waals surface area (Å²) in [4.78, 5) is 33.8. The molecule has 1 aromatic rings. The van der Waals surface area contributed by atoms with E-state index in [2.05, 4.69) is 79.2 Å². The Hall–Kier alpha value is -2.50. The van der Waals surface area contributed by atoms with Gasteiger partial charge in [-0.1, -0.05) is 21.1 Å². The second kappa shape index (κ2) is 14.5. The van der Waals surface area contributed by atoms with Crippen LogP contribution < -0.4 is 10.1 Å². The lowest BCUT2D eigenvalue weighted by Gasteiger charge is -2.27. The van der Waals surface area contributed by atoms with Crippen molar-refractivity contribution in [3.63, 3.8) is 0 Å². The number of ketones is 1. The van der Waals surface area contributed by atoms with Crippen LogP contribution in [0.5, 0.6) is 5.75 Å². The van der Waals surface area contributed by atoms with Crippen LogP contribution in [0.3, 0.4) is 0 Å². The van der Waals surface area contributed by atoms with Crippen molar-refractivity contribution in [3.05, 3.63) is 71.1 Å². The van der Waals surface area contributed by atoms with Gasteiger partial charge in [0.25, 0.3) is 5.91 Å². The van der Waals surface area contributed by atoms with E-state index in [4.69, 9.17) is 19.0 Å². The minimum absolute atomic E-state index is 0.0302. The SMILES string of the molecule is COC1=C(Br)CC2(OC=C1Br)ON=C(C(=O)NCCCOc1c(Br)cc(C(O)CN=CC3=C(O)C=CC3=O)cc1Br)C2O. The van der Waals surface area contributed by atoms with Crippen LogP contribution in [-0.4, -0.2) is 77.6 Å². The number of aliphatic hydroxyl groups excluding tert-OH is 3. The second-order valence-corrected chi connectivity index (χ2v) is 12.8. The van der Waals surface area contributed by atoms with Crippen LogP contribution in [0.2, 0.25) is 0 Å². The number of allylic oxidation sites excluding steroid dienone is 4. The minimum atomic E-state index is -1.63. The number of benzene rings is 1. The molecule has 1 aromatic carbocycles. The number of halogens is 4. The lowest BCUT2D eigenvalue weighted by Crippen LogP contribution is -2.49. The fourth-order valence-electron chi connectivity index (χ4n) is 4.08. The van der Waals surface area contributed by atoms with E-state index in [0.717, 1.165) is 0 Å². The molecule has 0 bridgehead atoms. The number of nitrogens with zero attached hydrogens (tertiary/aromatic N) is 2. The van der Waals surface area contributed by atoms with E-state index in [1.54, 1.807) is 12.1 Å². The molecule has 1 aliphatic carbocycles. The van der Waals surface area contributed by atoms with Crippen molar-refractivity contribution in [3.8, 4) is 5.75 Å². The molecular formula is C27H25Br4N3O9. The van der Waals surface area contributed by atoms with Gasteiger partial charge in [-0.05, 0) is 84.1 Å². The van der Waals surface area contributed by atoms with Crippen LogP contribution >= 0.6 is 63.7 Å². The summed E-state index contributed by atoms with van der Waals surface area (Å²) in [5.41, 5.74) is 0.392. The zero-order valence-electron chi connectivity index (χ0n) is 22.4. The number of amides is 1. The van der Waals surface area contributed by atoms with Crippen LogP contribution in [0.4, 0.5) is 0 Å². The first-order chi connectivity index (χ1) is 20.5. The van der Waals surface area contributed by atoms with Crippen molar-refractivity contribution >= 4 is 87.3 Å². The molecule has 4 rings (SSSR count). The van der Waals surface area contributed by atoms with E-state index in [0.29, 0.717) is 41.4 Å². The van der Waals surface area contributed by atoms with E-state index in [1.165, 1.54) is 31.7 Å². The molecule has 16 heteroatoms. The standard InChI is InChI=1S/C27H25Br4N3O9/c1-40-23-17(30)9-27(42-12-18(23)31)25(38)22(34-43-27)26(39)33-5-2-6-41-24-15(28)7-13(8-16(24)29)21(37)11-32-10-14-19(35)3-4-20(14)36/h3-4,7-8,10,12,21,25,35,37-38H,2,5-6,9,11H2,1H3,(H,33,39). The molecule has 230 valence electrons. The van der Waals surface area contributed by atoms with E-state index in [1.807, 2.05) is 0 Å². The molecule has 12 nitrogen and oxygen atoms in total. The second-order valence-electron chi connectivity index (χ2n) is 9.26. The number of aliphatic imine (C=N–C) groups is 1. The minimum Gasteiger partial charge on any atom is -0.507 e. The summed E-state index contributed by atoms with van der Waals surface area (Å²) in [6.07, 6.45) is 3.09. The fourth-order valence-corrected chi connectivity index (χ4v) is 7.06. The predicted molar refractivity (Wildman–Crippen MR) is 170 cm³/mol. The lowest BCUT2D eigenvalue weighted by molar-refractivity contribution is -0.225. The van der Waals surface area contributed by atoms with Gasteiger partial charge in [0.2, 0.25) is 0 Å². The number of carbonyl (C=O) groups is 2. The zero-order valence-corrected chi connectivity index (χ0v) is 28.7.